The normalized spacial score (nSPS) is 8.10. The maximum atomic E-state index is 2.26. The van der Waals surface area contributed by atoms with Crippen LogP contribution < -0.4 is 0 Å². The third kappa shape index (κ3) is 46.6. The first-order valence-electron chi connectivity index (χ1n) is 37.6. The van der Waals surface area contributed by atoms with Gasteiger partial charge in [0.05, 0.1) is 0 Å². The Morgan fingerprint density at radius 1 is 0.135 bits per heavy atom. The van der Waals surface area contributed by atoms with Crippen molar-refractivity contribution in [3.05, 3.63) is 297 Å². The summed E-state index contributed by atoms with van der Waals surface area (Å²) in [4.78, 5) is 0. The van der Waals surface area contributed by atoms with Gasteiger partial charge < -0.3 is 0 Å². The van der Waals surface area contributed by atoms with Crippen LogP contribution >= 0.6 is 0 Å². The summed E-state index contributed by atoms with van der Waals surface area (Å²) in [6, 6.07) is 79.8. The number of hydrogen-bond acceptors (Lipinski definition) is 0. The second-order valence-electron chi connectivity index (χ2n) is 18.3. The van der Waals surface area contributed by atoms with Gasteiger partial charge in [-0.1, -0.05) is 421 Å². The van der Waals surface area contributed by atoms with Gasteiger partial charge in [0, 0.05) is 0 Å². The molecule has 0 heterocycles. The molecule has 0 spiro atoms. The SMILES string of the molecule is CC.CC.CC.CC.CC.CC.CC.CC.CC.CC.CC.CC.CC.Cc1c(C)c(C)c(C)c(C)c1C.Cc1c2ccccc2cc2ccccc12.Cc1cccc2ccccc12.Cc1cccc2ccccc12.Cc1ccccc1.Cc1ccccc1.Cc1ccccc1. The van der Waals surface area contributed by atoms with E-state index < -0.39 is 0 Å². The Balaban J connectivity index is -0.000000125. The zero-order chi connectivity index (χ0) is 76.4. The highest BCUT2D eigenvalue weighted by Crippen LogP contribution is 2.28. The van der Waals surface area contributed by atoms with Gasteiger partial charge in [-0.3, -0.25) is 0 Å². The molecule has 0 atom stereocenters. The van der Waals surface area contributed by atoms with Crippen molar-refractivity contribution in [2.45, 2.75) is 263 Å². The third-order valence-corrected chi connectivity index (χ3v) is 13.3. The summed E-state index contributed by atoms with van der Waals surface area (Å²) in [5.74, 6) is 0. The van der Waals surface area contributed by atoms with Crippen LogP contribution in [-0.2, 0) is 0 Å². The van der Waals surface area contributed by atoms with Crippen molar-refractivity contribution in [1.29, 1.82) is 0 Å². The zero-order valence-corrected chi connectivity index (χ0v) is 69.9. The minimum absolute atomic E-state index is 1.32. The quantitative estimate of drug-likeness (QED) is 0.133. The highest BCUT2D eigenvalue weighted by atomic mass is 14.1. The molecule has 0 aliphatic heterocycles. The summed E-state index contributed by atoms with van der Waals surface area (Å²) in [6.45, 7) is 78.0. The molecule has 0 N–H and O–H groups in total. The molecule has 0 saturated carbocycles. The predicted octanol–water partition coefficient (Wildman–Crippen LogP) is 33.5. The molecule has 96 heavy (non-hydrogen) atoms. The Morgan fingerprint density at radius 2 is 0.302 bits per heavy atom. The molecule has 0 saturated heterocycles. The van der Waals surface area contributed by atoms with Gasteiger partial charge in [-0.15, -0.1) is 0 Å². The Labute approximate surface area is 599 Å². The summed E-state index contributed by atoms with van der Waals surface area (Å²) < 4.78 is 0. The van der Waals surface area contributed by atoms with Crippen molar-refractivity contribution >= 4 is 43.1 Å². The lowest BCUT2D eigenvalue weighted by Crippen LogP contribution is -1.98. The lowest BCUT2D eigenvalue weighted by Gasteiger charge is -2.15. The Kier molecular flexibility index (Phi) is 89.2. The van der Waals surface area contributed by atoms with Gasteiger partial charge in [0.2, 0.25) is 0 Å². The van der Waals surface area contributed by atoms with Crippen LogP contribution in [0.15, 0.2) is 231 Å². The highest BCUT2D eigenvalue weighted by molar-refractivity contribution is 6.02. The van der Waals surface area contributed by atoms with Gasteiger partial charge in [0.15, 0.2) is 0 Å². The molecule has 0 amide bonds. The minimum atomic E-state index is 1.32. The molecule has 11 rings (SSSR count). The molecular formula is C96H152. The smallest absolute Gasteiger partial charge is 0.0148 e. The van der Waals surface area contributed by atoms with Gasteiger partial charge in [-0.25, -0.2) is 0 Å². The molecular weight excluding hydrogens is 1150 g/mol. The lowest BCUT2D eigenvalue weighted by molar-refractivity contribution is 1.13. The third-order valence-electron chi connectivity index (χ3n) is 13.3. The molecule has 0 radical (unpaired) electrons. The number of benzene rings is 11. The van der Waals surface area contributed by atoms with Crippen molar-refractivity contribution < 1.29 is 0 Å². The van der Waals surface area contributed by atoms with Gasteiger partial charge in [-0.2, -0.15) is 0 Å². The minimum Gasteiger partial charge on any atom is -0.0683 e. The van der Waals surface area contributed by atoms with E-state index in [1.807, 2.05) is 235 Å². The van der Waals surface area contributed by atoms with Crippen molar-refractivity contribution in [2.75, 3.05) is 0 Å². The summed E-state index contributed by atoms with van der Waals surface area (Å²) >= 11 is 0. The average Bonchev–Trinajstić information content (AvgIpc) is 0.813. The van der Waals surface area contributed by atoms with Crippen molar-refractivity contribution in [3.8, 4) is 0 Å². The first-order valence-corrected chi connectivity index (χ1v) is 37.6. The molecule has 11 aromatic rings. The van der Waals surface area contributed by atoms with E-state index in [-0.39, 0.29) is 0 Å². The van der Waals surface area contributed by atoms with Gasteiger partial charge >= 0.3 is 0 Å². The maximum absolute atomic E-state index is 2.26. The summed E-state index contributed by atoms with van der Waals surface area (Å²) in [7, 11) is 0. The van der Waals surface area contributed by atoms with E-state index in [9.17, 15) is 0 Å². The summed E-state index contributed by atoms with van der Waals surface area (Å²) in [5.41, 5.74) is 16.8. The van der Waals surface area contributed by atoms with E-state index in [1.54, 1.807) is 0 Å². The number of rotatable bonds is 0. The molecule has 0 aliphatic carbocycles. The van der Waals surface area contributed by atoms with Gasteiger partial charge in [0.1, 0.15) is 0 Å². The van der Waals surface area contributed by atoms with E-state index in [0.29, 0.717) is 0 Å². The van der Waals surface area contributed by atoms with E-state index in [4.69, 9.17) is 0 Å². The maximum Gasteiger partial charge on any atom is -0.0148 e. The number of fused-ring (bicyclic) bond motifs is 4. The monoisotopic (exact) mass is 1310 g/mol. The summed E-state index contributed by atoms with van der Waals surface area (Å²) in [5, 5.41) is 10.7. The van der Waals surface area contributed by atoms with Crippen molar-refractivity contribution in [3.63, 3.8) is 0 Å². The topological polar surface area (TPSA) is 0 Å². The first-order chi connectivity index (χ1) is 46.8. The van der Waals surface area contributed by atoms with Crippen LogP contribution in [0.25, 0.3) is 43.1 Å². The molecule has 0 unspecified atom stereocenters. The second-order valence-corrected chi connectivity index (χ2v) is 18.3. The largest absolute Gasteiger partial charge is 0.0683 e. The van der Waals surface area contributed by atoms with Crippen LogP contribution in [0.5, 0.6) is 0 Å². The average molecular weight is 1310 g/mol. The fourth-order valence-electron chi connectivity index (χ4n) is 8.31. The van der Waals surface area contributed by atoms with Crippen LogP contribution in [-0.4, -0.2) is 0 Å². The van der Waals surface area contributed by atoms with Gasteiger partial charge in [-0.05, 0) is 182 Å². The Hall–Kier alpha value is -7.54. The molecule has 11 aromatic carbocycles. The molecule has 0 bridgehead atoms. The van der Waals surface area contributed by atoms with Gasteiger partial charge in [0.25, 0.3) is 0 Å². The molecule has 0 fully saturated rings. The van der Waals surface area contributed by atoms with Crippen LogP contribution in [0.1, 0.15) is 247 Å². The van der Waals surface area contributed by atoms with E-state index in [2.05, 4.69) is 259 Å². The summed E-state index contributed by atoms with van der Waals surface area (Å²) in [6.07, 6.45) is 0. The van der Waals surface area contributed by atoms with Crippen LogP contribution in [0.4, 0.5) is 0 Å². The molecule has 536 valence electrons. The van der Waals surface area contributed by atoms with Crippen LogP contribution in [0.2, 0.25) is 0 Å². The van der Waals surface area contributed by atoms with Crippen LogP contribution in [0, 0.1) is 83.1 Å². The number of hydrogen-bond donors (Lipinski definition) is 0. The predicted molar refractivity (Wildman–Crippen MR) is 459 cm³/mol. The van der Waals surface area contributed by atoms with E-state index in [0.717, 1.165) is 0 Å². The molecule has 0 aromatic heterocycles. The standard InChI is InChI=1S/C15H12.C12H18.2C11H10.3C7H8.13C2H6/c1-11-14-8-4-2-6-12(14)10-13-7-3-5-9-15(11)13;1-7-8(2)10(4)12(6)11(5)9(7)3;2*1-9-5-4-7-10-6-2-3-8-11(9)10;3*1-7-5-3-2-4-6-7;13*1-2/h2-10H,1H3;1-6H3;2*2-8H,1H3;3*2-6H,1H3;13*1-2H3. The van der Waals surface area contributed by atoms with E-state index >= 15 is 0 Å². The Morgan fingerprint density at radius 3 is 0.490 bits per heavy atom. The first kappa shape index (κ1) is 107. The molecule has 0 heteroatoms. The fraction of sp³-hybridized carbons (Fsp3) is 0.396. The molecule has 0 aliphatic rings. The van der Waals surface area contributed by atoms with Crippen LogP contribution in [0.3, 0.4) is 0 Å². The number of aryl methyl sites for hydroxylation is 6. The van der Waals surface area contributed by atoms with Crippen molar-refractivity contribution in [2.24, 2.45) is 0 Å². The molecule has 0 nitrogen and oxygen atoms in total. The zero-order valence-electron chi connectivity index (χ0n) is 69.9. The fourth-order valence-corrected chi connectivity index (χ4v) is 8.31. The second kappa shape index (κ2) is 79.9. The van der Waals surface area contributed by atoms with E-state index in [1.165, 1.54) is 110 Å². The Bertz CT molecular complexity index is 2970. The lowest BCUT2D eigenvalue weighted by atomic mass is 9.90. The van der Waals surface area contributed by atoms with Crippen molar-refractivity contribution in [1.82, 2.24) is 0 Å². The highest BCUT2D eigenvalue weighted by Gasteiger charge is 2.08.